The summed E-state index contributed by atoms with van der Waals surface area (Å²) in [5.74, 6) is 2.70. The van der Waals surface area contributed by atoms with Crippen molar-refractivity contribution >= 4 is 39.7 Å². The second kappa shape index (κ2) is 15.1. The van der Waals surface area contributed by atoms with Crippen LogP contribution in [0.1, 0.15) is 68.0 Å². The molecule has 6 atom stereocenters. The fraction of sp³-hybridized carbons (Fsp3) is 0.362. The number of alkyl carbamates (subject to hydrolysis) is 1. The number of rotatable bonds is 10. The van der Waals surface area contributed by atoms with E-state index in [1.54, 1.807) is 13.5 Å². The quantitative estimate of drug-likeness (QED) is 0.129. The monoisotopic (exact) mass is 806 g/mol. The number of amides is 3. The van der Waals surface area contributed by atoms with Crippen molar-refractivity contribution in [3.8, 4) is 28.1 Å². The fourth-order valence-corrected chi connectivity index (χ4v) is 9.73. The van der Waals surface area contributed by atoms with Gasteiger partial charge in [0, 0.05) is 36.6 Å². The molecule has 3 fully saturated rings. The highest BCUT2D eigenvalue weighted by atomic mass is 16.5. The van der Waals surface area contributed by atoms with Gasteiger partial charge in [0.15, 0.2) is 0 Å². The van der Waals surface area contributed by atoms with Crippen LogP contribution in [0.2, 0.25) is 0 Å². The normalized spacial score (nSPS) is 22.1. The molecule has 0 bridgehead atoms. The summed E-state index contributed by atoms with van der Waals surface area (Å²) in [5.41, 5.74) is 7.67. The van der Waals surface area contributed by atoms with Crippen LogP contribution >= 0.6 is 0 Å². The van der Waals surface area contributed by atoms with Gasteiger partial charge in [-0.1, -0.05) is 62.4 Å². The van der Waals surface area contributed by atoms with E-state index in [0.717, 1.165) is 92.0 Å². The maximum Gasteiger partial charge on any atom is 0.407 e. The summed E-state index contributed by atoms with van der Waals surface area (Å²) < 4.78 is 16.8. The van der Waals surface area contributed by atoms with E-state index in [4.69, 9.17) is 24.2 Å². The minimum atomic E-state index is -0.692. The molecule has 60 heavy (non-hydrogen) atoms. The summed E-state index contributed by atoms with van der Waals surface area (Å²) in [6.45, 7) is 5.44. The summed E-state index contributed by atoms with van der Waals surface area (Å²) in [7, 11) is 3.01. The average molecular weight is 807 g/mol. The van der Waals surface area contributed by atoms with Crippen LogP contribution in [-0.2, 0) is 25.7 Å². The molecule has 2 saturated heterocycles. The molecule has 0 unspecified atom stereocenters. The van der Waals surface area contributed by atoms with Crippen molar-refractivity contribution in [1.82, 2.24) is 35.1 Å². The highest BCUT2D eigenvalue weighted by Gasteiger charge is 2.56. The van der Waals surface area contributed by atoms with Gasteiger partial charge in [-0.2, -0.15) is 0 Å². The van der Waals surface area contributed by atoms with Crippen LogP contribution in [0, 0.1) is 24.2 Å². The summed E-state index contributed by atoms with van der Waals surface area (Å²) in [6.07, 6.45) is 5.49. The standard InChI is InChI=1S/C47H48N7O6/c1-25(2)42(52-47(57)59-4)46(56)54-37-18-30(37)19-39(54)45-49-35-13-11-28-17-34-32-12-10-29(16-31(32)24-60-40(34)20-33(28)43(35)51-45)36-21-48-44(50-36)38-14-27(23-58-3)22-53(38)41(55)15-26-8-6-5-7-9-26/h5-13,15-17,20-21,25,27,30,37-39,42H,14,18-19,22-24H2,1-4H3,(H,48,50)(H,49,51)(H,52,57)/t27-,30+,37+,38-,39-,42-/m0/s1. The van der Waals surface area contributed by atoms with E-state index in [1.807, 2.05) is 66.2 Å². The van der Waals surface area contributed by atoms with E-state index >= 15 is 0 Å². The van der Waals surface area contributed by atoms with Crippen molar-refractivity contribution in [2.45, 2.75) is 63.9 Å². The predicted octanol–water partition coefficient (Wildman–Crippen LogP) is 7.50. The smallest absolute Gasteiger partial charge is 0.407 e. The van der Waals surface area contributed by atoms with Crippen molar-refractivity contribution < 1.29 is 28.6 Å². The Labute approximate surface area is 347 Å². The van der Waals surface area contributed by atoms with Crippen molar-refractivity contribution in [1.29, 1.82) is 0 Å². The molecule has 3 N–H and O–H groups in total. The number of carbonyl (C=O) groups excluding carboxylic acids is 3. The molecule has 13 nitrogen and oxygen atoms in total. The molecule has 1 radical (unpaired) electrons. The molecule has 4 aromatic carbocycles. The first-order valence-corrected chi connectivity index (χ1v) is 20.8. The maximum atomic E-state index is 14.0. The van der Waals surface area contributed by atoms with Crippen LogP contribution in [0.5, 0.6) is 5.75 Å². The van der Waals surface area contributed by atoms with Gasteiger partial charge in [0.05, 0.1) is 55.1 Å². The Balaban J connectivity index is 0.905. The second-order valence-electron chi connectivity index (χ2n) is 17.0. The van der Waals surface area contributed by atoms with Crippen LogP contribution in [0.4, 0.5) is 4.79 Å². The second-order valence-corrected chi connectivity index (χ2v) is 17.0. The molecular formula is C47H48N7O6. The molecule has 3 amide bonds. The van der Waals surface area contributed by atoms with Gasteiger partial charge in [-0.15, -0.1) is 0 Å². The van der Waals surface area contributed by atoms with Crippen LogP contribution < -0.4 is 10.1 Å². The zero-order valence-electron chi connectivity index (χ0n) is 34.1. The number of aromatic nitrogens is 4. The summed E-state index contributed by atoms with van der Waals surface area (Å²) in [6, 6.07) is 23.5. The van der Waals surface area contributed by atoms with E-state index in [-0.39, 0.29) is 41.8 Å². The lowest BCUT2D eigenvalue weighted by molar-refractivity contribution is -0.136. The zero-order valence-corrected chi connectivity index (χ0v) is 34.1. The molecule has 3 aliphatic heterocycles. The summed E-state index contributed by atoms with van der Waals surface area (Å²) in [4.78, 5) is 60.6. The van der Waals surface area contributed by atoms with Crippen LogP contribution in [0.15, 0.2) is 79.0 Å². The first-order valence-electron chi connectivity index (χ1n) is 20.8. The van der Waals surface area contributed by atoms with Crippen molar-refractivity contribution in [3.63, 3.8) is 0 Å². The Morgan fingerprint density at radius 2 is 1.80 bits per heavy atom. The number of H-pyrrole nitrogens is 2. The Morgan fingerprint density at radius 1 is 0.950 bits per heavy atom. The van der Waals surface area contributed by atoms with Crippen LogP contribution in [0.25, 0.3) is 44.2 Å². The van der Waals surface area contributed by atoms with Gasteiger partial charge in [0.2, 0.25) is 11.8 Å². The number of benzene rings is 4. The SMILES string of the molecule is COC[C@H]1C[C@@H](c2ncc(-c3ccc4c(c3)COc3cc5c(ccc6nc([C@@H]7C[C@H]8C[C@H]8N7C(=O)[C@@H](NC(=O)OC)C(C)C)[nH]c65)cc3-4)[nH]2)N(C(=O)[CH]c2ccccc2)C1. The van der Waals surface area contributed by atoms with Crippen LogP contribution in [0.3, 0.4) is 0 Å². The molecular weight excluding hydrogens is 759 g/mol. The third kappa shape index (κ3) is 6.74. The topological polar surface area (TPSA) is 155 Å². The van der Waals surface area contributed by atoms with E-state index in [0.29, 0.717) is 25.7 Å². The lowest BCUT2D eigenvalue weighted by Gasteiger charge is -2.31. The number of fused-ring (bicyclic) bond motifs is 7. The highest BCUT2D eigenvalue weighted by molar-refractivity contribution is 6.07. The number of ether oxygens (including phenoxy) is 3. The molecule has 13 heteroatoms. The minimum Gasteiger partial charge on any atom is -0.488 e. The zero-order chi connectivity index (χ0) is 41.2. The summed E-state index contributed by atoms with van der Waals surface area (Å²) in [5, 5.41) is 4.81. The van der Waals surface area contributed by atoms with E-state index in [9.17, 15) is 14.4 Å². The first kappa shape index (κ1) is 38.0. The van der Waals surface area contributed by atoms with Gasteiger partial charge in [0.1, 0.15) is 30.0 Å². The van der Waals surface area contributed by atoms with Crippen molar-refractivity contribution in [2.75, 3.05) is 27.4 Å². The number of imidazole rings is 2. The molecule has 10 rings (SSSR count). The van der Waals surface area contributed by atoms with E-state index in [1.165, 1.54) is 7.11 Å². The van der Waals surface area contributed by atoms with E-state index in [2.05, 4.69) is 51.7 Å². The van der Waals surface area contributed by atoms with Gasteiger partial charge in [0.25, 0.3) is 0 Å². The van der Waals surface area contributed by atoms with Crippen molar-refractivity contribution in [2.24, 2.45) is 17.8 Å². The molecule has 5 heterocycles. The number of carbonyl (C=O) groups is 3. The number of piperidine rings is 1. The molecule has 4 aliphatic rings. The number of aromatic amines is 2. The highest BCUT2D eigenvalue weighted by Crippen LogP contribution is 2.54. The predicted molar refractivity (Wildman–Crippen MR) is 225 cm³/mol. The maximum absolute atomic E-state index is 14.0. The Morgan fingerprint density at radius 3 is 2.60 bits per heavy atom. The average Bonchev–Trinajstić information content (AvgIpc) is 3.72. The number of methoxy groups -OCH3 is 2. The first-order chi connectivity index (χ1) is 29.2. The third-order valence-corrected chi connectivity index (χ3v) is 12.8. The molecule has 1 saturated carbocycles. The molecule has 1 aliphatic carbocycles. The fourth-order valence-electron chi connectivity index (χ4n) is 9.73. The number of nitrogens with one attached hydrogen (secondary N) is 3. The Bertz CT molecular complexity index is 2640. The number of likely N-dealkylation sites (tertiary alicyclic amines) is 2. The van der Waals surface area contributed by atoms with Crippen LogP contribution in [-0.4, -0.2) is 87.1 Å². The number of hydrogen-bond donors (Lipinski definition) is 3. The number of hydrogen-bond acceptors (Lipinski definition) is 8. The van der Waals surface area contributed by atoms with Gasteiger partial charge in [-0.05, 0) is 83.0 Å². The molecule has 0 spiro atoms. The van der Waals surface area contributed by atoms with Gasteiger partial charge >= 0.3 is 6.09 Å². The molecule has 2 aromatic heterocycles. The largest absolute Gasteiger partial charge is 0.488 e. The summed E-state index contributed by atoms with van der Waals surface area (Å²) >= 11 is 0. The van der Waals surface area contributed by atoms with Gasteiger partial charge in [-0.25, -0.2) is 14.8 Å². The molecule has 6 aromatic rings. The van der Waals surface area contributed by atoms with Gasteiger partial charge < -0.3 is 39.3 Å². The Kier molecular flexibility index (Phi) is 9.58. The van der Waals surface area contributed by atoms with E-state index < -0.39 is 12.1 Å². The molecule has 307 valence electrons. The van der Waals surface area contributed by atoms with Gasteiger partial charge in [-0.3, -0.25) is 9.59 Å². The minimum absolute atomic E-state index is 0.0385. The number of nitrogens with zero attached hydrogens (tertiary/aromatic N) is 4. The Hall–Kier alpha value is -6.21. The third-order valence-electron chi connectivity index (χ3n) is 12.8. The van der Waals surface area contributed by atoms with Crippen molar-refractivity contribution in [3.05, 3.63) is 108 Å². The lowest BCUT2D eigenvalue weighted by atomic mass is 9.92. The lowest BCUT2D eigenvalue weighted by Crippen LogP contribution is -2.52.